The van der Waals surface area contributed by atoms with E-state index in [0.717, 1.165) is 24.2 Å². The molecule has 0 aliphatic rings. The van der Waals surface area contributed by atoms with Crippen molar-refractivity contribution in [2.45, 2.75) is 66.5 Å². The molecule has 0 unspecified atom stereocenters. The van der Waals surface area contributed by atoms with Crippen LogP contribution in [0.2, 0.25) is 0 Å². The highest BCUT2D eigenvalue weighted by molar-refractivity contribution is 5.69. The lowest BCUT2D eigenvalue weighted by Crippen LogP contribution is -2.38. The Balaban J connectivity index is 2.96. The van der Waals surface area contributed by atoms with Crippen molar-refractivity contribution in [3.63, 3.8) is 0 Å². The van der Waals surface area contributed by atoms with Gasteiger partial charge in [0, 0.05) is 18.8 Å². The highest BCUT2D eigenvalue weighted by atomic mass is 16.6. The van der Waals surface area contributed by atoms with Crippen molar-refractivity contribution >= 4 is 11.8 Å². The van der Waals surface area contributed by atoms with Gasteiger partial charge in [-0.2, -0.15) is 0 Å². The van der Waals surface area contributed by atoms with Crippen LogP contribution in [0.1, 0.15) is 65.1 Å². The summed E-state index contributed by atoms with van der Waals surface area (Å²) in [7, 11) is 0. The summed E-state index contributed by atoms with van der Waals surface area (Å²) in [5.74, 6) is 0. The summed E-state index contributed by atoms with van der Waals surface area (Å²) in [6.07, 6.45) is 0.814. The van der Waals surface area contributed by atoms with Gasteiger partial charge in [0.1, 0.15) is 5.60 Å². The number of rotatable bonds is 6. The Kier molecular flexibility index (Phi) is 6.92. The molecule has 1 aromatic carbocycles. The maximum Gasteiger partial charge on any atom is 0.410 e. The normalized spacial score (nSPS) is 12.7. The molecule has 1 aromatic rings. The highest BCUT2D eigenvalue weighted by Crippen LogP contribution is 2.26. The van der Waals surface area contributed by atoms with Gasteiger partial charge in [-0.05, 0) is 65.2 Å². The number of amides is 1. The quantitative estimate of drug-likeness (QED) is 0.789. The van der Waals surface area contributed by atoms with Crippen molar-refractivity contribution in [1.29, 1.82) is 0 Å². The number of anilines is 1. The van der Waals surface area contributed by atoms with Crippen molar-refractivity contribution in [1.82, 2.24) is 4.90 Å². The zero-order chi connectivity index (χ0) is 17.6. The van der Waals surface area contributed by atoms with Crippen LogP contribution in [0.5, 0.6) is 0 Å². The molecule has 23 heavy (non-hydrogen) atoms. The maximum atomic E-state index is 12.4. The minimum atomic E-state index is -0.481. The summed E-state index contributed by atoms with van der Waals surface area (Å²) in [5, 5.41) is 3.45. The molecule has 0 saturated carbocycles. The average molecular weight is 320 g/mol. The monoisotopic (exact) mass is 320 g/mol. The number of carbonyl (C=O) groups excluding carboxylic acids is 1. The lowest BCUT2D eigenvalue weighted by atomic mass is 10.0. The molecule has 1 N–H and O–H groups in total. The zero-order valence-electron chi connectivity index (χ0n) is 15.7. The number of nitrogens with one attached hydrogen (secondary N) is 1. The van der Waals surface area contributed by atoms with Gasteiger partial charge in [0.2, 0.25) is 0 Å². The highest BCUT2D eigenvalue weighted by Gasteiger charge is 2.25. The number of hydrogen-bond acceptors (Lipinski definition) is 3. The summed E-state index contributed by atoms with van der Waals surface area (Å²) in [4.78, 5) is 14.2. The predicted octanol–water partition coefficient (Wildman–Crippen LogP) is 5.13. The van der Waals surface area contributed by atoms with E-state index in [1.54, 1.807) is 4.90 Å². The number of benzene rings is 1. The molecule has 0 bridgehead atoms. The summed E-state index contributed by atoms with van der Waals surface area (Å²) in [6.45, 7) is 15.5. The molecule has 1 amide bonds. The molecule has 1 rings (SSSR count). The Morgan fingerprint density at radius 3 is 2.48 bits per heavy atom. The van der Waals surface area contributed by atoms with Crippen LogP contribution in [0.15, 0.2) is 18.2 Å². The number of nitrogens with zero attached hydrogens (tertiary/aromatic N) is 1. The van der Waals surface area contributed by atoms with Gasteiger partial charge in [-0.25, -0.2) is 4.79 Å². The first-order chi connectivity index (χ1) is 10.7. The Morgan fingerprint density at radius 2 is 1.96 bits per heavy atom. The topological polar surface area (TPSA) is 41.6 Å². The Morgan fingerprint density at radius 1 is 1.30 bits per heavy atom. The van der Waals surface area contributed by atoms with Gasteiger partial charge in [0.15, 0.2) is 0 Å². The fourth-order valence-electron chi connectivity index (χ4n) is 2.41. The molecule has 0 saturated heterocycles. The SMILES string of the molecule is CCCNc1cc([C@@H](C)N(CC)C(=O)OC(C)(C)C)ccc1C. The van der Waals surface area contributed by atoms with Gasteiger partial charge in [0.25, 0.3) is 0 Å². The summed E-state index contributed by atoms with van der Waals surface area (Å²) >= 11 is 0. The second kappa shape index (κ2) is 8.23. The second-order valence-electron chi connectivity index (χ2n) is 6.94. The molecular weight excluding hydrogens is 288 g/mol. The molecule has 1 atom stereocenters. The second-order valence-corrected chi connectivity index (χ2v) is 6.94. The molecule has 0 radical (unpaired) electrons. The van der Waals surface area contributed by atoms with Crippen LogP contribution < -0.4 is 5.32 Å². The van der Waals surface area contributed by atoms with Crippen LogP contribution in [0, 0.1) is 6.92 Å². The average Bonchev–Trinajstić information content (AvgIpc) is 2.45. The summed E-state index contributed by atoms with van der Waals surface area (Å²) in [5.41, 5.74) is 2.98. The predicted molar refractivity (Wildman–Crippen MR) is 97.0 cm³/mol. The summed E-state index contributed by atoms with van der Waals surface area (Å²) in [6, 6.07) is 6.30. The van der Waals surface area contributed by atoms with E-state index in [1.807, 2.05) is 34.6 Å². The van der Waals surface area contributed by atoms with Gasteiger partial charge in [-0.15, -0.1) is 0 Å². The first kappa shape index (κ1) is 19.3. The fraction of sp³-hybridized carbons (Fsp3) is 0.632. The third-order valence-corrected chi connectivity index (χ3v) is 3.75. The van der Waals surface area contributed by atoms with E-state index in [1.165, 1.54) is 5.56 Å². The van der Waals surface area contributed by atoms with Crippen molar-refractivity contribution < 1.29 is 9.53 Å². The van der Waals surface area contributed by atoms with E-state index in [4.69, 9.17) is 4.74 Å². The van der Waals surface area contributed by atoms with Crippen molar-refractivity contribution in [3.8, 4) is 0 Å². The van der Waals surface area contributed by atoms with E-state index >= 15 is 0 Å². The first-order valence-electron chi connectivity index (χ1n) is 8.53. The largest absolute Gasteiger partial charge is 0.444 e. The molecule has 0 aliphatic carbocycles. The molecule has 0 aliphatic heterocycles. The van der Waals surface area contributed by atoms with Gasteiger partial charge >= 0.3 is 6.09 Å². The smallest absolute Gasteiger partial charge is 0.410 e. The molecule has 4 nitrogen and oxygen atoms in total. The van der Waals surface area contributed by atoms with Crippen LogP contribution in [0.25, 0.3) is 0 Å². The van der Waals surface area contributed by atoms with Crippen LogP contribution in [0.3, 0.4) is 0 Å². The number of hydrogen-bond donors (Lipinski definition) is 1. The standard InChI is InChI=1S/C19H32N2O2/c1-8-12-20-17-13-16(11-10-14(17)3)15(4)21(9-2)18(22)23-19(5,6)7/h10-11,13,15,20H,8-9,12H2,1-7H3/t15-/m1/s1. The third kappa shape index (κ3) is 5.77. The van der Waals surface area contributed by atoms with Crippen LogP contribution in [-0.4, -0.2) is 29.7 Å². The Bertz CT molecular complexity index is 521. The molecule has 130 valence electrons. The third-order valence-electron chi connectivity index (χ3n) is 3.75. The van der Waals surface area contributed by atoms with Crippen LogP contribution >= 0.6 is 0 Å². The van der Waals surface area contributed by atoms with E-state index in [2.05, 4.69) is 37.4 Å². The number of ether oxygens (including phenoxy) is 1. The zero-order valence-corrected chi connectivity index (χ0v) is 15.7. The van der Waals surface area contributed by atoms with E-state index < -0.39 is 5.60 Å². The number of aryl methyl sites for hydroxylation is 1. The molecular formula is C19H32N2O2. The lowest BCUT2D eigenvalue weighted by molar-refractivity contribution is 0.0186. The molecule has 0 aromatic heterocycles. The van der Waals surface area contributed by atoms with Crippen LogP contribution in [-0.2, 0) is 4.74 Å². The molecule has 0 spiro atoms. The van der Waals surface area contributed by atoms with Crippen molar-refractivity contribution in [2.24, 2.45) is 0 Å². The Labute approximate surface area is 141 Å². The minimum absolute atomic E-state index is 0.0300. The summed E-state index contributed by atoms with van der Waals surface area (Å²) < 4.78 is 5.52. The van der Waals surface area contributed by atoms with Crippen LogP contribution in [0.4, 0.5) is 10.5 Å². The van der Waals surface area contributed by atoms with Crippen molar-refractivity contribution in [2.75, 3.05) is 18.4 Å². The fourth-order valence-corrected chi connectivity index (χ4v) is 2.41. The molecule has 4 heteroatoms. The number of carbonyl (C=O) groups is 1. The minimum Gasteiger partial charge on any atom is -0.444 e. The molecule has 0 heterocycles. The van der Waals surface area contributed by atoms with Gasteiger partial charge in [-0.1, -0.05) is 19.1 Å². The van der Waals surface area contributed by atoms with Crippen molar-refractivity contribution in [3.05, 3.63) is 29.3 Å². The van der Waals surface area contributed by atoms with Gasteiger partial charge < -0.3 is 15.0 Å². The van der Waals surface area contributed by atoms with E-state index in [0.29, 0.717) is 6.54 Å². The lowest BCUT2D eigenvalue weighted by Gasteiger charge is -2.31. The molecule has 0 fully saturated rings. The Hall–Kier alpha value is -1.71. The van der Waals surface area contributed by atoms with E-state index in [-0.39, 0.29) is 12.1 Å². The van der Waals surface area contributed by atoms with E-state index in [9.17, 15) is 4.79 Å². The first-order valence-corrected chi connectivity index (χ1v) is 8.53. The van der Waals surface area contributed by atoms with Gasteiger partial charge in [0.05, 0.1) is 6.04 Å². The maximum absolute atomic E-state index is 12.4. The van der Waals surface area contributed by atoms with Gasteiger partial charge in [-0.3, -0.25) is 0 Å².